The van der Waals surface area contributed by atoms with Gasteiger partial charge in [0.1, 0.15) is 0 Å². The first-order chi connectivity index (χ1) is 13.0. The summed E-state index contributed by atoms with van der Waals surface area (Å²) >= 11 is 0. The van der Waals surface area contributed by atoms with Crippen LogP contribution in [0.2, 0.25) is 0 Å². The SMILES string of the molecule is Cn1cc(CCCCC(=O)NCCc2ccc(O)c(O)c2)c2ccccc21. The first kappa shape index (κ1) is 18.8. The van der Waals surface area contributed by atoms with E-state index in [1.54, 1.807) is 6.07 Å². The molecule has 5 nitrogen and oxygen atoms in total. The molecule has 5 heteroatoms. The van der Waals surface area contributed by atoms with Crippen LogP contribution in [-0.2, 0) is 24.7 Å². The van der Waals surface area contributed by atoms with Gasteiger partial charge in [0.2, 0.25) is 5.91 Å². The van der Waals surface area contributed by atoms with Gasteiger partial charge in [-0.25, -0.2) is 0 Å². The number of hydrogen-bond donors (Lipinski definition) is 3. The second-order valence-corrected chi connectivity index (χ2v) is 6.91. The molecule has 0 aliphatic heterocycles. The molecule has 3 N–H and O–H groups in total. The molecular formula is C22H26N2O3. The molecule has 0 unspecified atom stereocenters. The third-order valence-electron chi connectivity index (χ3n) is 4.86. The van der Waals surface area contributed by atoms with Crippen molar-refractivity contribution < 1.29 is 15.0 Å². The minimum atomic E-state index is -0.132. The second-order valence-electron chi connectivity index (χ2n) is 6.91. The number of aromatic nitrogens is 1. The molecule has 1 heterocycles. The lowest BCUT2D eigenvalue weighted by Gasteiger charge is -2.06. The molecule has 1 amide bonds. The summed E-state index contributed by atoms with van der Waals surface area (Å²) in [6, 6.07) is 13.1. The highest BCUT2D eigenvalue weighted by atomic mass is 16.3. The predicted molar refractivity (Wildman–Crippen MR) is 107 cm³/mol. The number of unbranched alkanes of at least 4 members (excludes halogenated alkanes) is 1. The minimum Gasteiger partial charge on any atom is -0.504 e. The highest BCUT2D eigenvalue weighted by Crippen LogP contribution is 2.25. The molecule has 1 aromatic heterocycles. The summed E-state index contributed by atoms with van der Waals surface area (Å²) < 4.78 is 2.15. The summed E-state index contributed by atoms with van der Waals surface area (Å²) in [5.74, 6) is -0.211. The van der Waals surface area contributed by atoms with Crippen LogP contribution < -0.4 is 5.32 Å². The van der Waals surface area contributed by atoms with Crippen LogP contribution in [0.5, 0.6) is 11.5 Å². The number of hydrogen-bond acceptors (Lipinski definition) is 3. The van der Waals surface area contributed by atoms with Crippen LogP contribution in [0.25, 0.3) is 10.9 Å². The van der Waals surface area contributed by atoms with Gasteiger partial charge < -0.3 is 20.1 Å². The summed E-state index contributed by atoms with van der Waals surface area (Å²) in [7, 11) is 2.06. The maximum atomic E-state index is 12.0. The van der Waals surface area contributed by atoms with Gasteiger partial charge in [0.25, 0.3) is 0 Å². The fraction of sp³-hybridized carbons (Fsp3) is 0.318. The Balaban J connectivity index is 1.37. The van der Waals surface area contributed by atoms with Crippen LogP contribution in [0.4, 0.5) is 0 Å². The first-order valence-electron chi connectivity index (χ1n) is 9.35. The Morgan fingerprint density at radius 1 is 1.04 bits per heavy atom. The summed E-state index contributed by atoms with van der Waals surface area (Å²) in [6.45, 7) is 0.520. The van der Waals surface area contributed by atoms with Crippen LogP contribution in [-0.4, -0.2) is 27.2 Å². The molecule has 0 aliphatic rings. The van der Waals surface area contributed by atoms with Crippen LogP contribution in [0, 0.1) is 0 Å². The zero-order valence-electron chi connectivity index (χ0n) is 15.6. The van der Waals surface area contributed by atoms with Crippen molar-refractivity contribution in [3.8, 4) is 11.5 Å². The average molecular weight is 366 g/mol. The van der Waals surface area contributed by atoms with Gasteiger partial charge in [-0.1, -0.05) is 24.3 Å². The molecule has 3 rings (SSSR count). The molecule has 3 aromatic rings. The molecule has 0 aliphatic carbocycles. The second kappa shape index (κ2) is 8.62. The number of amides is 1. The molecule has 27 heavy (non-hydrogen) atoms. The van der Waals surface area contributed by atoms with Gasteiger partial charge in [0.05, 0.1) is 0 Å². The van der Waals surface area contributed by atoms with Crippen LogP contribution in [0.15, 0.2) is 48.7 Å². The van der Waals surface area contributed by atoms with Crippen molar-refractivity contribution in [2.24, 2.45) is 7.05 Å². The van der Waals surface area contributed by atoms with Crippen molar-refractivity contribution in [3.05, 3.63) is 59.8 Å². The average Bonchev–Trinajstić information content (AvgIpc) is 2.98. The van der Waals surface area contributed by atoms with E-state index in [4.69, 9.17) is 0 Å². The summed E-state index contributed by atoms with van der Waals surface area (Å²) in [5.41, 5.74) is 3.45. The van der Waals surface area contributed by atoms with E-state index >= 15 is 0 Å². The highest BCUT2D eigenvalue weighted by Gasteiger charge is 2.07. The number of carbonyl (C=O) groups is 1. The standard InChI is InChI=1S/C22H26N2O3/c1-24-15-17(18-7-3-4-8-19(18)24)6-2-5-9-22(27)23-13-12-16-10-11-20(25)21(26)14-16/h3-4,7-8,10-11,14-15,25-26H,2,5-6,9,12-13H2,1H3,(H,23,27). The van der Waals surface area contributed by atoms with Crippen molar-refractivity contribution >= 4 is 16.8 Å². The lowest BCUT2D eigenvalue weighted by molar-refractivity contribution is -0.121. The molecular weight excluding hydrogens is 340 g/mol. The Morgan fingerprint density at radius 2 is 1.85 bits per heavy atom. The number of para-hydroxylation sites is 1. The molecule has 0 saturated heterocycles. The monoisotopic (exact) mass is 366 g/mol. The number of aryl methyl sites for hydroxylation is 2. The molecule has 0 bridgehead atoms. The number of carbonyl (C=O) groups excluding carboxylic acids is 1. The third kappa shape index (κ3) is 4.82. The van der Waals surface area contributed by atoms with Gasteiger partial charge in [0.15, 0.2) is 11.5 Å². The molecule has 142 valence electrons. The van der Waals surface area contributed by atoms with Crippen molar-refractivity contribution in [2.75, 3.05) is 6.54 Å². The van der Waals surface area contributed by atoms with E-state index < -0.39 is 0 Å². The zero-order valence-corrected chi connectivity index (χ0v) is 15.6. The molecule has 0 fully saturated rings. The maximum absolute atomic E-state index is 12.0. The third-order valence-corrected chi connectivity index (χ3v) is 4.86. The topological polar surface area (TPSA) is 74.5 Å². The van der Waals surface area contributed by atoms with Crippen LogP contribution >= 0.6 is 0 Å². The predicted octanol–water partition coefficient (Wildman–Crippen LogP) is 3.66. The Kier molecular flexibility index (Phi) is 6.01. The lowest BCUT2D eigenvalue weighted by Crippen LogP contribution is -2.25. The van der Waals surface area contributed by atoms with Gasteiger partial charge in [-0.15, -0.1) is 0 Å². The van der Waals surface area contributed by atoms with Gasteiger partial charge in [-0.05, 0) is 55.0 Å². The number of aromatic hydroxyl groups is 2. The number of fused-ring (bicyclic) bond motifs is 1. The lowest BCUT2D eigenvalue weighted by atomic mass is 10.1. The molecule has 0 saturated carbocycles. The van der Waals surface area contributed by atoms with Gasteiger partial charge in [0, 0.05) is 37.1 Å². The summed E-state index contributed by atoms with van der Waals surface area (Å²) in [6.07, 6.45) is 6.13. The number of phenolic OH excluding ortho intramolecular Hbond substituents is 2. The number of phenols is 2. The Labute approximate surface area is 159 Å². The van der Waals surface area contributed by atoms with Gasteiger partial charge in [-0.2, -0.15) is 0 Å². The molecule has 2 aromatic carbocycles. The summed E-state index contributed by atoms with van der Waals surface area (Å²) in [5, 5.41) is 23.0. The molecule has 0 spiro atoms. The number of benzene rings is 2. The summed E-state index contributed by atoms with van der Waals surface area (Å²) in [4.78, 5) is 12.0. The normalized spacial score (nSPS) is 11.0. The van der Waals surface area contributed by atoms with E-state index in [-0.39, 0.29) is 17.4 Å². The Morgan fingerprint density at radius 3 is 2.67 bits per heavy atom. The van der Waals surface area contributed by atoms with Crippen LogP contribution in [0.3, 0.4) is 0 Å². The Hall–Kier alpha value is -2.95. The van der Waals surface area contributed by atoms with Gasteiger partial charge >= 0.3 is 0 Å². The van der Waals surface area contributed by atoms with E-state index in [1.165, 1.54) is 28.6 Å². The maximum Gasteiger partial charge on any atom is 0.220 e. The first-order valence-corrected chi connectivity index (χ1v) is 9.35. The van der Waals surface area contributed by atoms with Crippen molar-refractivity contribution in [2.45, 2.75) is 32.1 Å². The number of nitrogens with zero attached hydrogens (tertiary/aromatic N) is 1. The number of rotatable bonds is 8. The largest absolute Gasteiger partial charge is 0.504 e. The number of nitrogens with one attached hydrogen (secondary N) is 1. The minimum absolute atomic E-state index is 0.0518. The highest BCUT2D eigenvalue weighted by molar-refractivity contribution is 5.83. The van der Waals surface area contributed by atoms with Crippen molar-refractivity contribution in [1.82, 2.24) is 9.88 Å². The molecule has 0 radical (unpaired) electrons. The van der Waals surface area contributed by atoms with Crippen molar-refractivity contribution in [3.63, 3.8) is 0 Å². The smallest absolute Gasteiger partial charge is 0.220 e. The van der Waals surface area contributed by atoms with E-state index in [0.29, 0.717) is 19.4 Å². The van der Waals surface area contributed by atoms with E-state index in [1.807, 2.05) is 0 Å². The van der Waals surface area contributed by atoms with E-state index in [0.717, 1.165) is 24.8 Å². The van der Waals surface area contributed by atoms with Crippen molar-refractivity contribution in [1.29, 1.82) is 0 Å². The zero-order chi connectivity index (χ0) is 19.2. The van der Waals surface area contributed by atoms with E-state index in [2.05, 4.69) is 47.4 Å². The van der Waals surface area contributed by atoms with Crippen LogP contribution in [0.1, 0.15) is 30.4 Å². The van der Waals surface area contributed by atoms with E-state index in [9.17, 15) is 15.0 Å². The fourth-order valence-corrected chi connectivity index (χ4v) is 3.38. The molecule has 0 atom stereocenters. The van der Waals surface area contributed by atoms with Gasteiger partial charge in [-0.3, -0.25) is 4.79 Å². The fourth-order valence-electron chi connectivity index (χ4n) is 3.38. The Bertz CT molecular complexity index is 930. The quantitative estimate of drug-likeness (QED) is 0.421.